The maximum Gasteiger partial charge on any atom is 0.251 e. The molecule has 2 amide bonds. The van der Waals surface area contributed by atoms with Gasteiger partial charge in [0, 0.05) is 30.6 Å². The number of benzene rings is 1. The Labute approximate surface area is 173 Å². The predicted molar refractivity (Wildman–Crippen MR) is 110 cm³/mol. The molecule has 0 aliphatic rings. The van der Waals surface area contributed by atoms with Gasteiger partial charge >= 0.3 is 0 Å². The average molecular weight is 405 g/mol. The van der Waals surface area contributed by atoms with Gasteiger partial charge in [-0.2, -0.15) is 0 Å². The van der Waals surface area contributed by atoms with Crippen molar-refractivity contribution in [1.29, 1.82) is 0 Å². The van der Waals surface area contributed by atoms with Crippen molar-refractivity contribution in [3.63, 3.8) is 0 Å². The minimum atomic E-state index is -0.516. The monoisotopic (exact) mass is 404 g/mol. The molecule has 160 valence electrons. The van der Waals surface area contributed by atoms with Crippen LogP contribution in [0.5, 0.6) is 0 Å². The van der Waals surface area contributed by atoms with Gasteiger partial charge < -0.3 is 14.8 Å². The standard InChI is InChI=1S/C22H32N2O5/c1-4-5-6-7-8-9-18-10-12-19(13-11-18)22(26)23-20(15-29-16-28-3)14-17(2)21(25)24-27/h10-13,17,20,27H,4-7,14-16H2,1-3H3,(H,23,26)(H,24,25). The van der Waals surface area contributed by atoms with Gasteiger partial charge in [0.05, 0.1) is 12.6 Å². The average Bonchev–Trinajstić information content (AvgIpc) is 2.73. The van der Waals surface area contributed by atoms with Crippen molar-refractivity contribution < 1.29 is 24.3 Å². The molecule has 7 nitrogen and oxygen atoms in total. The van der Waals surface area contributed by atoms with E-state index in [1.807, 2.05) is 12.1 Å². The number of ether oxygens (including phenoxy) is 2. The number of unbranched alkanes of at least 4 members (excludes halogenated alkanes) is 3. The molecule has 7 heteroatoms. The summed E-state index contributed by atoms with van der Waals surface area (Å²) < 4.78 is 10.2. The second-order valence-electron chi connectivity index (χ2n) is 6.90. The van der Waals surface area contributed by atoms with E-state index >= 15 is 0 Å². The molecule has 0 aliphatic carbocycles. The summed E-state index contributed by atoms with van der Waals surface area (Å²) in [6.45, 7) is 4.09. The number of amides is 2. The first-order valence-corrected chi connectivity index (χ1v) is 9.92. The number of methoxy groups -OCH3 is 1. The van der Waals surface area contributed by atoms with Gasteiger partial charge in [0.15, 0.2) is 0 Å². The molecular weight excluding hydrogens is 372 g/mol. The number of hydroxylamine groups is 1. The number of hydrogen-bond acceptors (Lipinski definition) is 5. The van der Waals surface area contributed by atoms with Crippen LogP contribution in [0.15, 0.2) is 24.3 Å². The highest BCUT2D eigenvalue weighted by Crippen LogP contribution is 2.10. The Morgan fingerprint density at radius 2 is 1.93 bits per heavy atom. The van der Waals surface area contributed by atoms with Gasteiger partial charge in [0.2, 0.25) is 5.91 Å². The van der Waals surface area contributed by atoms with E-state index in [-0.39, 0.29) is 19.3 Å². The molecule has 29 heavy (non-hydrogen) atoms. The number of carbonyl (C=O) groups is 2. The van der Waals surface area contributed by atoms with Crippen LogP contribution in [0.1, 0.15) is 61.9 Å². The Kier molecular flexibility index (Phi) is 12.4. The van der Waals surface area contributed by atoms with Crippen LogP contribution in [-0.4, -0.2) is 43.6 Å². The van der Waals surface area contributed by atoms with Crippen LogP contribution >= 0.6 is 0 Å². The quantitative estimate of drug-likeness (QED) is 0.164. The molecule has 1 aromatic carbocycles. The van der Waals surface area contributed by atoms with Gasteiger partial charge in [-0.25, -0.2) is 5.48 Å². The molecule has 1 rings (SSSR count). The minimum absolute atomic E-state index is 0.0819. The highest BCUT2D eigenvalue weighted by Gasteiger charge is 2.21. The normalized spacial score (nSPS) is 12.4. The van der Waals surface area contributed by atoms with Crippen molar-refractivity contribution in [3.05, 3.63) is 35.4 Å². The summed E-state index contributed by atoms with van der Waals surface area (Å²) in [5.41, 5.74) is 2.99. The van der Waals surface area contributed by atoms with E-state index in [0.29, 0.717) is 12.0 Å². The third-order valence-electron chi connectivity index (χ3n) is 4.34. The molecular formula is C22H32N2O5. The Hall–Kier alpha value is -2.40. The fourth-order valence-electron chi connectivity index (χ4n) is 2.69. The van der Waals surface area contributed by atoms with Crippen molar-refractivity contribution in [3.8, 4) is 11.8 Å². The van der Waals surface area contributed by atoms with Gasteiger partial charge in [0.1, 0.15) is 6.79 Å². The molecule has 0 aliphatic heterocycles. The third kappa shape index (κ3) is 10.1. The maximum atomic E-state index is 12.6. The van der Waals surface area contributed by atoms with E-state index in [2.05, 4.69) is 24.1 Å². The summed E-state index contributed by atoms with van der Waals surface area (Å²) >= 11 is 0. The lowest BCUT2D eigenvalue weighted by Crippen LogP contribution is -2.41. The topological polar surface area (TPSA) is 96.9 Å². The lowest BCUT2D eigenvalue weighted by atomic mass is 10.0. The van der Waals surface area contributed by atoms with Gasteiger partial charge in [-0.3, -0.25) is 14.8 Å². The van der Waals surface area contributed by atoms with Crippen LogP contribution in [0.25, 0.3) is 0 Å². The summed E-state index contributed by atoms with van der Waals surface area (Å²) in [6, 6.07) is 6.67. The molecule has 0 radical (unpaired) electrons. The van der Waals surface area contributed by atoms with Crippen molar-refractivity contribution in [2.75, 3.05) is 20.5 Å². The number of carbonyl (C=O) groups excluding carboxylic acids is 2. The number of hydrogen-bond donors (Lipinski definition) is 3. The Balaban J connectivity index is 2.68. The molecule has 2 unspecified atom stereocenters. The predicted octanol–water partition coefficient (Wildman–Crippen LogP) is 2.87. The van der Waals surface area contributed by atoms with Crippen molar-refractivity contribution in [2.45, 2.75) is 52.0 Å². The first kappa shape index (κ1) is 24.6. The fourth-order valence-corrected chi connectivity index (χ4v) is 2.69. The highest BCUT2D eigenvalue weighted by molar-refractivity contribution is 5.94. The maximum absolute atomic E-state index is 12.6. The Morgan fingerprint density at radius 1 is 1.21 bits per heavy atom. The van der Waals surface area contributed by atoms with E-state index < -0.39 is 17.9 Å². The molecule has 3 N–H and O–H groups in total. The van der Waals surface area contributed by atoms with Gasteiger partial charge in [-0.05, 0) is 37.1 Å². The smallest absolute Gasteiger partial charge is 0.251 e. The van der Waals surface area contributed by atoms with Crippen LogP contribution in [0, 0.1) is 17.8 Å². The van der Waals surface area contributed by atoms with E-state index in [9.17, 15) is 9.59 Å². The van der Waals surface area contributed by atoms with Gasteiger partial charge in [0.25, 0.3) is 5.91 Å². The summed E-state index contributed by atoms with van der Waals surface area (Å²) in [6.07, 6.45) is 4.64. The molecule has 0 saturated carbocycles. The second kappa shape index (κ2) is 14.6. The first-order chi connectivity index (χ1) is 14.0. The summed E-state index contributed by atoms with van der Waals surface area (Å²) in [7, 11) is 1.50. The molecule has 0 heterocycles. The van der Waals surface area contributed by atoms with Gasteiger partial charge in [-0.1, -0.05) is 38.5 Å². The fraction of sp³-hybridized carbons (Fsp3) is 0.545. The van der Waals surface area contributed by atoms with Crippen LogP contribution < -0.4 is 10.8 Å². The molecule has 0 aromatic heterocycles. The Morgan fingerprint density at radius 3 is 2.55 bits per heavy atom. The van der Waals surface area contributed by atoms with Crippen LogP contribution in [0.4, 0.5) is 0 Å². The largest absolute Gasteiger partial charge is 0.359 e. The molecule has 0 saturated heterocycles. The third-order valence-corrected chi connectivity index (χ3v) is 4.34. The lowest BCUT2D eigenvalue weighted by Gasteiger charge is -2.21. The zero-order chi connectivity index (χ0) is 21.5. The van der Waals surface area contributed by atoms with E-state index in [1.165, 1.54) is 20.0 Å². The zero-order valence-corrected chi connectivity index (χ0v) is 17.5. The minimum Gasteiger partial charge on any atom is -0.359 e. The molecule has 0 spiro atoms. The van der Waals surface area contributed by atoms with Crippen molar-refractivity contribution >= 4 is 11.8 Å². The van der Waals surface area contributed by atoms with Crippen LogP contribution in [-0.2, 0) is 14.3 Å². The van der Waals surface area contributed by atoms with E-state index in [0.717, 1.165) is 18.4 Å². The summed E-state index contributed by atoms with van der Waals surface area (Å²) in [4.78, 5) is 24.1. The van der Waals surface area contributed by atoms with Gasteiger partial charge in [-0.15, -0.1) is 0 Å². The highest BCUT2D eigenvalue weighted by atomic mass is 16.7. The molecule has 1 aromatic rings. The zero-order valence-electron chi connectivity index (χ0n) is 17.5. The second-order valence-corrected chi connectivity index (χ2v) is 6.90. The first-order valence-electron chi connectivity index (χ1n) is 9.92. The number of nitrogens with one attached hydrogen (secondary N) is 2. The van der Waals surface area contributed by atoms with Crippen molar-refractivity contribution in [1.82, 2.24) is 10.8 Å². The SMILES string of the molecule is CCCCCC#Cc1ccc(C(=O)NC(COCOC)CC(C)C(=O)NO)cc1. The molecule has 0 bridgehead atoms. The molecule has 0 fully saturated rings. The summed E-state index contributed by atoms with van der Waals surface area (Å²) in [5.74, 6) is 4.97. The van der Waals surface area contributed by atoms with Crippen molar-refractivity contribution in [2.24, 2.45) is 5.92 Å². The summed E-state index contributed by atoms with van der Waals surface area (Å²) in [5, 5.41) is 11.6. The number of rotatable bonds is 12. The molecule has 2 atom stereocenters. The van der Waals surface area contributed by atoms with E-state index in [4.69, 9.17) is 14.7 Å². The Bertz CT molecular complexity index is 679. The van der Waals surface area contributed by atoms with Crippen LogP contribution in [0.2, 0.25) is 0 Å². The van der Waals surface area contributed by atoms with E-state index in [1.54, 1.807) is 24.5 Å². The van der Waals surface area contributed by atoms with Crippen LogP contribution in [0.3, 0.4) is 0 Å². The lowest BCUT2D eigenvalue weighted by molar-refractivity contribution is -0.133.